The highest BCUT2D eigenvalue weighted by Crippen LogP contribution is 2.20. The summed E-state index contributed by atoms with van der Waals surface area (Å²) in [5.41, 5.74) is 0.912. The van der Waals surface area contributed by atoms with Gasteiger partial charge >= 0.3 is 0 Å². The van der Waals surface area contributed by atoms with E-state index in [4.69, 9.17) is 9.47 Å². The summed E-state index contributed by atoms with van der Waals surface area (Å²) in [6.07, 6.45) is 1.75. The van der Waals surface area contributed by atoms with Crippen molar-refractivity contribution in [2.45, 2.75) is 39.8 Å². The zero-order valence-corrected chi connectivity index (χ0v) is 13.7. The van der Waals surface area contributed by atoms with Crippen molar-refractivity contribution >= 4 is 15.9 Å². The van der Waals surface area contributed by atoms with Crippen LogP contribution in [0.5, 0.6) is 5.88 Å². The topological polar surface area (TPSA) is 43.4 Å². The van der Waals surface area contributed by atoms with E-state index in [1.807, 2.05) is 26.8 Å². The third-order valence-corrected chi connectivity index (χ3v) is 2.75. The van der Waals surface area contributed by atoms with Gasteiger partial charge in [0.1, 0.15) is 6.61 Å². The van der Waals surface area contributed by atoms with Crippen molar-refractivity contribution in [3.63, 3.8) is 0 Å². The van der Waals surface area contributed by atoms with E-state index in [9.17, 15) is 0 Å². The summed E-state index contributed by atoms with van der Waals surface area (Å²) < 4.78 is 12.3. The molecule has 0 amide bonds. The van der Waals surface area contributed by atoms with E-state index in [0.717, 1.165) is 23.1 Å². The Hall–Kier alpha value is -0.650. The number of ether oxygens (including phenoxy) is 2. The highest BCUT2D eigenvalue weighted by Gasteiger charge is 2.10. The molecule has 108 valence electrons. The third kappa shape index (κ3) is 6.89. The van der Waals surface area contributed by atoms with Crippen molar-refractivity contribution in [3.8, 4) is 5.88 Å². The van der Waals surface area contributed by atoms with Crippen molar-refractivity contribution in [1.82, 2.24) is 10.3 Å². The first-order valence-corrected chi connectivity index (χ1v) is 7.33. The summed E-state index contributed by atoms with van der Waals surface area (Å²) in [5, 5.41) is 3.27. The zero-order chi connectivity index (χ0) is 14.3. The van der Waals surface area contributed by atoms with Crippen LogP contribution in [0.15, 0.2) is 16.7 Å². The second kappa shape index (κ2) is 7.82. The summed E-state index contributed by atoms with van der Waals surface area (Å²) >= 11 is 3.43. The van der Waals surface area contributed by atoms with Crippen molar-refractivity contribution in [3.05, 3.63) is 22.3 Å². The lowest BCUT2D eigenvalue weighted by Gasteiger charge is -2.19. The second-order valence-electron chi connectivity index (χ2n) is 5.21. The molecule has 1 aromatic heterocycles. The summed E-state index contributed by atoms with van der Waals surface area (Å²) in [6.45, 7) is 10.9. The van der Waals surface area contributed by atoms with Crippen molar-refractivity contribution in [2.75, 3.05) is 19.8 Å². The fourth-order valence-electron chi connectivity index (χ4n) is 1.47. The average Bonchev–Trinajstić information content (AvgIpc) is 2.32. The van der Waals surface area contributed by atoms with Crippen LogP contribution in [0.2, 0.25) is 0 Å². The molecule has 1 N–H and O–H groups in total. The van der Waals surface area contributed by atoms with E-state index in [-0.39, 0.29) is 5.60 Å². The van der Waals surface area contributed by atoms with Gasteiger partial charge in [0.05, 0.1) is 12.2 Å². The number of halogens is 1. The molecule has 5 heteroatoms. The van der Waals surface area contributed by atoms with Crippen molar-refractivity contribution in [1.29, 1.82) is 0 Å². The molecule has 0 saturated carbocycles. The van der Waals surface area contributed by atoms with Crippen LogP contribution in [0, 0.1) is 0 Å². The molecule has 4 nitrogen and oxygen atoms in total. The van der Waals surface area contributed by atoms with Gasteiger partial charge in [-0.25, -0.2) is 4.98 Å². The van der Waals surface area contributed by atoms with Crippen LogP contribution in [0.1, 0.15) is 33.3 Å². The Morgan fingerprint density at radius 1 is 1.32 bits per heavy atom. The quantitative estimate of drug-likeness (QED) is 0.780. The van der Waals surface area contributed by atoms with Gasteiger partial charge in [-0.3, -0.25) is 0 Å². The second-order valence-corrected chi connectivity index (χ2v) is 6.12. The Labute approximate surface area is 124 Å². The number of hydrogen-bond donors (Lipinski definition) is 1. The maximum Gasteiger partial charge on any atom is 0.217 e. The van der Waals surface area contributed by atoms with Gasteiger partial charge in [0.25, 0.3) is 0 Å². The van der Waals surface area contributed by atoms with Gasteiger partial charge < -0.3 is 14.8 Å². The minimum absolute atomic E-state index is 0.136. The summed E-state index contributed by atoms with van der Waals surface area (Å²) in [7, 11) is 0. The Morgan fingerprint density at radius 3 is 2.68 bits per heavy atom. The molecule has 0 atom stereocenters. The molecule has 0 radical (unpaired) electrons. The molecule has 19 heavy (non-hydrogen) atoms. The molecule has 0 unspecified atom stereocenters. The summed E-state index contributed by atoms with van der Waals surface area (Å²) in [5.74, 6) is 0.668. The predicted molar refractivity (Wildman–Crippen MR) is 80.5 cm³/mol. The monoisotopic (exact) mass is 330 g/mol. The Balaban J connectivity index is 2.52. The minimum Gasteiger partial charge on any atom is -0.475 e. The fraction of sp³-hybridized carbons (Fsp3) is 0.643. The number of rotatable bonds is 7. The number of nitrogens with zero attached hydrogens (tertiary/aromatic N) is 1. The lowest BCUT2D eigenvalue weighted by atomic mass is 10.2. The molecule has 0 spiro atoms. The summed E-state index contributed by atoms with van der Waals surface area (Å²) in [4.78, 5) is 4.30. The predicted octanol–water partition coefficient (Wildman–Crippen LogP) is 3.15. The van der Waals surface area contributed by atoms with Crippen LogP contribution >= 0.6 is 15.9 Å². The first-order valence-electron chi connectivity index (χ1n) is 6.54. The molecule has 0 aliphatic rings. The van der Waals surface area contributed by atoms with Crippen LogP contribution in [-0.2, 0) is 11.3 Å². The van der Waals surface area contributed by atoms with Gasteiger partial charge in [-0.15, -0.1) is 0 Å². The van der Waals surface area contributed by atoms with Gasteiger partial charge in [-0.1, -0.05) is 6.92 Å². The zero-order valence-electron chi connectivity index (χ0n) is 12.1. The van der Waals surface area contributed by atoms with Gasteiger partial charge in [-0.05, 0) is 49.3 Å². The lowest BCUT2D eigenvalue weighted by Crippen LogP contribution is -2.23. The van der Waals surface area contributed by atoms with Gasteiger partial charge in [0.2, 0.25) is 5.88 Å². The molecule has 0 aliphatic carbocycles. The van der Waals surface area contributed by atoms with Crippen LogP contribution in [0.3, 0.4) is 0 Å². The molecule has 0 saturated heterocycles. The van der Waals surface area contributed by atoms with Crippen molar-refractivity contribution in [2.24, 2.45) is 0 Å². The summed E-state index contributed by atoms with van der Waals surface area (Å²) in [6, 6.07) is 2.02. The van der Waals surface area contributed by atoms with E-state index >= 15 is 0 Å². The number of pyridine rings is 1. The van der Waals surface area contributed by atoms with Gasteiger partial charge in [0.15, 0.2) is 0 Å². The smallest absolute Gasteiger partial charge is 0.217 e. The van der Waals surface area contributed by atoms with Crippen LogP contribution < -0.4 is 10.1 Å². The standard InChI is InChI=1S/C14H23BrN2O2/c1-5-16-9-11-8-12(15)10-17-13(11)18-6-7-19-14(2,3)4/h8,10,16H,5-7,9H2,1-4H3. The number of hydrogen-bond acceptors (Lipinski definition) is 4. The molecule has 0 bridgehead atoms. The Morgan fingerprint density at radius 2 is 2.05 bits per heavy atom. The maximum atomic E-state index is 5.69. The maximum absolute atomic E-state index is 5.69. The molecule has 0 aromatic carbocycles. The SMILES string of the molecule is CCNCc1cc(Br)cnc1OCCOC(C)(C)C. The van der Waals surface area contributed by atoms with E-state index in [0.29, 0.717) is 19.1 Å². The molecule has 1 heterocycles. The molecule has 0 fully saturated rings. The Bertz CT molecular complexity index is 392. The molecule has 1 aromatic rings. The van der Waals surface area contributed by atoms with E-state index in [1.54, 1.807) is 6.20 Å². The van der Waals surface area contributed by atoms with Crippen LogP contribution in [-0.4, -0.2) is 30.3 Å². The Kier molecular flexibility index (Phi) is 6.75. The molecular formula is C14H23BrN2O2. The molecular weight excluding hydrogens is 308 g/mol. The minimum atomic E-state index is -0.136. The van der Waals surface area contributed by atoms with E-state index < -0.39 is 0 Å². The highest BCUT2D eigenvalue weighted by molar-refractivity contribution is 9.10. The van der Waals surface area contributed by atoms with E-state index in [2.05, 4.69) is 33.2 Å². The van der Waals surface area contributed by atoms with Gasteiger partial charge in [0, 0.05) is 22.8 Å². The van der Waals surface area contributed by atoms with Crippen LogP contribution in [0.4, 0.5) is 0 Å². The normalized spacial score (nSPS) is 11.6. The molecule has 1 rings (SSSR count). The van der Waals surface area contributed by atoms with E-state index in [1.165, 1.54) is 0 Å². The number of aromatic nitrogens is 1. The third-order valence-electron chi connectivity index (χ3n) is 2.31. The lowest BCUT2D eigenvalue weighted by molar-refractivity contribution is -0.0169. The first-order chi connectivity index (χ1) is 8.92. The number of nitrogens with one attached hydrogen (secondary N) is 1. The van der Waals surface area contributed by atoms with Gasteiger partial charge in [-0.2, -0.15) is 0 Å². The van der Waals surface area contributed by atoms with Crippen molar-refractivity contribution < 1.29 is 9.47 Å². The van der Waals surface area contributed by atoms with Crippen LogP contribution in [0.25, 0.3) is 0 Å². The molecule has 0 aliphatic heterocycles. The first kappa shape index (κ1) is 16.4. The average molecular weight is 331 g/mol. The largest absolute Gasteiger partial charge is 0.475 e. The highest BCUT2D eigenvalue weighted by atomic mass is 79.9. The fourth-order valence-corrected chi connectivity index (χ4v) is 1.85.